The Bertz CT molecular complexity index is 426. The lowest BCUT2D eigenvalue weighted by Gasteiger charge is -2.34. The molecule has 0 aromatic rings. The van der Waals surface area contributed by atoms with Crippen molar-refractivity contribution in [2.24, 2.45) is 11.7 Å². The molecule has 2 unspecified atom stereocenters. The number of nitrogens with one attached hydrogen (secondary N) is 1. The van der Waals surface area contributed by atoms with Gasteiger partial charge in [-0.2, -0.15) is 0 Å². The summed E-state index contributed by atoms with van der Waals surface area (Å²) in [4.78, 5) is 38.5. The number of imide groups is 1. The molecule has 7 nitrogen and oxygen atoms in total. The van der Waals surface area contributed by atoms with Gasteiger partial charge in [0.25, 0.3) is 0 Å². The van der Waals surface area contributed by atoms with E-state index in [9.17, 15) is 14.4 Å². The maximum atomic E-state index is 11.9. The Kier molecular flexibility index (Phi) is 5.30. The fraction of sp³-hybridized carbons (Fsp3) is 0.786. The predicted octanol–water partition coefficient (Wildman–Crippen LogP) is -1.08. The molecule has 2 fully saturated rings. The van der Waals surface area contributed by atoms with E-state index in [1.165, 1.54) is 4.90 Å². The molecule has 2 aliphatic heterocycles. The van der Waals surface area contributed by atoms with Crippen LogP contribution in [0.15, 0.2) is 0 Å². The third kappa shape index (κ3) is 4.50. The van der Waals surface area contributed by atoms with Crippen LogP contribution in [0.4, 0.5) is 0 Å². The molecule has 0 saturated carbocycles. The Morgan fingerprint density at radius 2 is 2.00 bits per heavy atom. The molecule has 3 N–H and O–H groups in total. The van der Waals surface area contributed by atoms with E-state index in [1.807, 2.05) is 4.90 Å². The van der Waals surface area contributed by atoms with Crippen LogP contribution < -0.4 is 11.1 Å². The minimum Gasteiger partial charge on any atom is -0.333 e. The normalized spacial score (nSPS) is 27.0. The summed E-state index contributed by atoms with van der Waals surface area (Å²) >= 11 is 0. The summed E-state index contributed by atoms with van der Waals surface area (Å²) in [6.45, 7) is 4.40. The summed E-state index contributed by atoms with van der Waals surface area (Å²) in [5, 5.41) is 2.36. The van der Waals surface area contributed by atoms with Gasteiger partial charge in [0, 0.05) is 32.1 Å². The molecule has 0 spiro atoms. The lowest BCUT2D eigenvalue weighted by Crippen LogP contribution is -2.50. The minimum absolute atomic E-state index is 0.0172. The second-order valence-electron chi connectivity index (χ2n) is 6.06. The average Bonchev–Trinajstić information content (AvgIpc) is 2.79. The Morgan fingerprint density at radius 1 is 1.29 bits per heavy atom. The third-order valence-electron chi connectivity index (χ3n) is 4.21. The number of amides is 3. The highest BCUT2D eigenvalue weighted by Crippen LogP contribution is 2.14. The molecule has 7 heteroatoms. The van der Waals surface area contributed by atoms with Crippen LogP contribution in [0.3, 0.4) is 0 Å². The van der Waals surface area contributed by atoms with Gasteiger partial charge in [-0.3, -0.25) is 24.6 Å². The van der Waals surface area contributed by atoms with E-state index in [0.29, 0.717) is 18.9 Å². The number of nitrogens with zero attached hydrogens (tertiary/aromatic N) is 2. The third-order valence-corrected chi connectivity index (χ3v) is 4.21. The number of rotatable bonds is 4. The number of nitrogens with two attached hydrogens (primary N) is 1. The number of hydrogen-bond acceptors (Lipinski definition) is 5. The van der Waals surface area contributed by atoms with E-state index in [2.05, 4.69) is 12.2 Å². The molecule has 2 rings (SSSR count). The molecule has 0 aromatic heterocycles. The average molecular weight is 296 g/mol. The Labute approximate surface area is 124 Å². The highest BCUT2D eigenvalue weighted by atomic mass is 16.2. The second kappa shape index (κ2) is 7.00. The molecule has 0 aliphatic carbocycles. The summed E-state index contributed by atoms with van der Waals surface area (Å²) in [6, 6.07) is 0.187. The smallest absolute Gasteiger partial charge is 0.246 e. The quantitative estimate of drug-likeness (QED) is 0.688. The van der Waals surface area contributed by atoms with Gasteiger partial charge in [-0.15, -0.1) is 0 Å². The SMILES string of the molecule is CC1CN(CC(=O)NC(=O)CN2CCCC2=O)CCC1N. The van der Waals surface area contributed by atoms with Crippen molar-refractivity contribution in [2.45, 2.75) is 32.2 Å². The monoisotopic (exact) mass is 296 g/mol. The first-order valence-electron chi connectivity index (χ1n) is 7.54. The predicted molar refractivity (Wildman–Crippen MR) is 77.2 cm³/mol. The minimum atomic E-state index is -0.406. The number of carbonyl (C=O) groups is 3. The van der Waals surface area contributed by atoms with Crippen molar-refractivity contribution >= 4 is 17.7 Å². The van der Waals surface area contributed by atoms with Crippen LogP contribution in [-0.2, 0) is 14.4 Å². The van der Waals surface area contributed by atoms with Gasteiger partial charge >= 0.3 is 0 Å². The van der Waals surface area contributed by atoms with Crippen LogP contribution in [0.25, 0.3) is 0 Å². The van der Waals surface area contributed by atoms with Crippen LogP contribution >= 0.6 is 0 Å². The standard InChI is InChI=1S/C14H24N4O3/c1-10-7-17(6-4-11(10)15)8-12(19)16-13(20)9-18-5-2-3-14(18)21/h10-11H,2-9,15H2,1H3,(H,16,19,20). The molecule has 3 amide bonds. The number of carbonyl (C=O) groups excluding carboxylic acids is 3. The van der Waals surface area contributed by atoms with E-state index in [-0.39, 0.29) is 30.9 Å². The van der Waals surface area contributed by atoms with Gasteiger partial charge in [0.05, 0.1) is 13.1 Å². The molecule has 0 aromatic carbocycles. The maximum Gasteiger partial charge on any atom is 0.246 e. The van der Waals surface area contributed by atoms with Gasteiger partial charge in [-0.25, -0.2) is 0 Å². The van der Waals surface area contributed by atoms with Crippen molar-refractivity contribution in [1.82, 2.24) is 15.1 Å². The van der Waals surface area contributed by atoms with E-state index < -0.39 is 5.91 Å². The fourth-order valence-electron chi connectivity index (χ4n) is 2.88. The molecular formula is C14H24N4O3. The molecule has 2 heterocycles. The van der Waals surface area contributed by atoms with Crippen LogP contribution in [0, 0.1) is 5.92 Å². The number of hydrogen-bond donors (Lipinski definition) is 2. The zero-order valence-corrected chi connectivity index (χ0v) is 12.5. The highest BCUT2D eigenvalue weighted by Gasteiger charge is 2.26. The number of likely N-dealkylation sites (tertiary alicyclic amines) is 2. The molecule has 0 radical (unpaired) electrons. The van der Waals surface area contributed by atoms with Gasteiger partial charge in [-0.1, -0.05) is 6.92 Å². The zero-order chi connectivity index (χ0) is 15.4. The molecule has 21 heavy (non-hydrogen) atoms. The Balaban J connectivity index is 1.71. The van der Waals surface area contributed by atoms with Crippen LogP contribution in [-0.4, -0.2) is 66.3 Å². The first kappa shape index (κ1) is 15.9. The van der Waals surface area contributed by atoms with Crippen molar-refractivity contribution in [3.05, 3.63) is 0 Å². The van der Waals surface area contributed by atoms with Gasteiger partial charge < -0.3 is 10.6 Å². The summed E-state index contributed by atoms with van der Waals surface area (Å²) < 4.78 is 0. The van der Waals surface area contributed by atoms with Crippen molar-refractivity contribution < 1.29 is 14.4 Å². The van der Waals surface area contributed by atoms with Gasteiger partial charge in [0.2, 0.25) is 17.7 Å². The lowest BCUT2D eigenvalue weighted by molar-refractivity contribution is -0.136. The first-order chi connectivity index (χ1) is 9.95. The van der Waals surface area contributed by atoms with Gasteiger partial charge in [0.1, 0.15) is 0 Å². The van der Waals surface area contributed by atoms with Gasteiger partial charge in [-0.05, 0) is 18.8 Å². The number of piperidine rings is 1. The Morgan fingerprint density at radius 3 is 2.62 bits per heavy atom. The van der Waals surface area contributed by atoms with Crippen LogP contribution in [0.1, 0.15) is 26.2 Å². The first-order valence-corrected chi connectivity index (χ1v) is 7.54. The molecule has 118 valence electrons. The van der Waals surface area contributed by atoms with Crippen molar-refractivity contribution in [1.29, 1.82) is 0 Å². The van der Waals surface area contributed by atoms with Crippen LogP contribution in [0.5, 0.6) is 0 Å². The van der Waals surface area contributed by atoms with Crippen molar-refractivity contribution in [3.8, 4) is 0 Å². The largest absolute Gasteiger partial charge is 0.333 e. The second-order valence-corrected chi connectivity index (χ2v) is 6.06. The van der Waals surface area contributed by atoms with E-state index in [1.54, 1.807) is 0 Å². The van der Waals surface area contributed by atoms with Gasteiger partial charge in [0.15, 0.2) is 0 Å². The molecule has 2 saturated heterocycles. The Hall–Kier alpha value is -1.47. The van der Waals surface area contributed by atoms with Crippen molar-refractivity contribution in [3.63, 3.8) is 0 Å². The lowest BCUT2D eigenvalue weighted by atomic mass is 9.95. The van der Waals surface area contributed by atoms with Crippen molar-refractivity contribution in [2.75, 3.05) is 32.7 Å². The van der Waals surface area contributed by atoms with Crippen LogP contribution in [0.2, 0.25) is 0 Å². The zero-order valence-electron chi connectivity index (χ0n) is 12.5. The topological polar surface area (TPSA) is 95.7 Å². The summed E-state index contributed by atoms with van der Waals surface area (Å²) in [7, 11) is 0. The maximum absolute atomic E-state index is 11.9. The highest BCUT2D eigenvalue weighted by molar-refractivity contribution is 5.98. The molecule has 2 aliphatic rings. The molecule has 0 bridgehead atoms. The summed E-state index contributed by atoms with van der Waals surface area (Å²) in [5.74, 6) is -0.382. The summed E-state index contributed by atoms with van der Waals surface area (Å²) in [5.41, 5.74) is 5.94. The molecular weight excluding hydrogens is 272 g/mol. The molecule has 2 atom stereocenters. The van der Waals surface area contributed by atoms with E-state index in [4.69, 9.17) is 5.73 Å². The summed E-state index contributed by atoms with van der Waals surface area (Å²) in [6.07, 6.45) is 2.14. The van der Waals surface area contributed by atoms with E-state index >= 15 is 0 Å². The van der Waals surface area contributed by atoms with E-state index in [0.717, 1.165) is 25.9 Å². The fourth-order valence-corrected chi connectivity index (χ4v) is 2.88.